The quantitative estimate of drug-likeness (QED) is 0.0675. The van der Waals surface area contributed by atoms with Crippen molar-refractivity contribution in [3.63, 3.8) is 0 Å². The smallest absolute Gasteiger partial charge is 0.0598 e. The van der Waals surface area contributed by atoms with Gasteiger partial charge in [-0.05, 0) is 66.2 Å². The standard InChI is InChI=1S/C30H41O.C22H25.C4H10Si.2ClH.Zr/c1-22-21-24-13-12-15-27(23-16-18-25(19-17-23)29(2,3)4)28(24)26(22)14-10-8-9-11-20-31-30(5,6)7;1-15(2)18-13-17-7-6-8-20(21(17)14-18)16-9-11-19(12-10-16)22(3,4)5;1-3-4-5-2;;;/h12-13,15-19,21H,8-11,14,20H2,1-7H3;6-15H,1-5H3;3-4H2,1-2H3;2*1H;/q2*-1;;;;+2/p-2. The van der Waals surface area contributed by atoms with E-state index in [1.165, 1.54) is 103 Å². The van der Waals surface area contributed by atoms with Crippen LogP contribution in [-0.4, -0.2) is 17.6 Å². The van der Waals surface area contributed by atoms with Crippen LogP contribution in [0, 0.1) is 6.92 Å². The van der Waals surface area contributed by atoms with Crippen molar-refractivity contribution in [3.8, 4) is 22.3 Å². The predicted octanol–water partition coefficient (Wildman–Crippen LogP) is 11.0. The first-order chi connectivity index (χ1) is 27.7. The van der Waals surface area contributed by atoms with E-state index >= 15 is 0 Å². The number of hydrogen-bond acceptors (Lipinski definition) is 1. The second-order valence-corrected chi connectivity index (χ2v) is 28.5. The molecular formula is C56H76Cl2OSiZr-2. The summed E-state index contributed by atoms with van der Waals surface area (Å²) in [5.74, 6) is 0.573. The Morgan fingerprint density at radius 3 is 1.64 bits per heavy atom. The second kappa shape index (κ2) is 24.7. The third-order valence-corrected chi connectivity index (χ3v) is 14.4. The van der Waals surface area contributed by atoms with Crippen LogP contribution in [-0.2, 0) is 45.3 Å². The molecule has 0 aliphatic rings. The zero-order valence-corrected chi connectivity index (χ0v) is 45.2. The Bertz CT molecular complexity index is 2220. The van der Waals surface area contributed by atoms with Crippen LogP contribution < -0.4 is 24.8 Å². The first-order valence-corrected chi connectivity index (χ1v) is 28.4. The zero-order valence-electron chi connectivity index (χ0n) is 40.2. The average molecular weight is 955 g/mol. The summed E-state index contributed by atoms with van der Waals surface area (Å²) in [6.45, 7) is 32.3. The Hall–Kier alpha value is -2.26. The number of fused-ring (bicyclic) bond motifs is 2. The maximum absolute atomic E-state index is 5.85. The molecule has 5 heteroatoms. The largest absolute Gasteiger partial charge is 1.00 e. The van der Waals surface area contributed by atoms with E-state index in [9.17, 15) is 0 Å². The third-order valence-electron chi connectivity index (χ3n) is 11.3. The molecule has 61 heavy (non-hydrogen) atoms. The molecule has 0 aliphatic carbocycles. The summed E-state index contributed by atoms with van der Waals surface area (Å²) >= 11 is 1.79. The Morgan fingerprint density at radius 2 is 1.16 bits per heavy atom. The van der Waals surface area contributed by atoms with Gasteiger partial charge in [0.15, 0.2) is 0 Å². The van der Waals surface area contributed by atoms with Gasteiger partial charge in [-0.15, -0.1) is 74.6 Å². The van der Waals surface area contributed by atoms with Gasteiger partial charge in [0, 0.05) is 6.61 Å². The summed E-state index contributed by atoms with van der Waals surface area (Å²) in [7, 11) is 0. The molecule has 0 fully saturated rings. The van der Waals surface area contributed by atoms with Gasteiger partial charge in [0.25, 0.3) is 0 Å². The van der Waals surface area contributed by atoms with Gasteiger partial charge in [0.05, 0.1) is 5.60 Å². The molecule has 0 saturated heterocycles. The SMILES string of the molecule is CC(C)c1cc2c(-c3ccc(C(C)(C)C)cc3)cccc2[cH-]1.CCC[Si](C)=[Zr+2].Cc1[cH-]c2cccc(-c3ccc(C(C)(C)C)cc3)c2c1CCCCCCOC(C)(C)C.[Cl-].[Cl-]. The molecule has 0 bridgehead atoms. The Labute approximate surface area is 400 Å². The number of rotatable bonds is 12. The fraction of sp³-hybridized carbons (Fsp3) is 0.464. The normalized spacial score (nSPS) is 11.7. The van der Waals surface area contributed by atoms with Crippen molar-refractivity contribution in [2.45, 2.75) is 163 Å². The number of halogens is 2. The van der Waals surface area contributed by atoms with E-state index in [0.29, 0.717) is 5.92 Å². The van der Waals surface area contributed by atoms with E-state index in [1.807, 2.05) is 0 Å². The summed E-state index contributed by atoms with van der Waals surface area (Å²) < 4.78 is 5.85. The molecule has 0 aromatic heterocycles. The van der Waals surface area contributed by atoms with E-state index in [2.05, 4.69) is 200 Å². The molecule has 0 aliphatic heterocycles. The minimum Gasteiger partial charge on any atom is -1.00 e. The molecule has 0 spiro atoms. The maximum atomic E-state index is 5.85. The number of ether oxygens (including phenoxy) is 1. The van der Waals surface area contributed by atoms with Crippen molar-refractivity contribution >= 4 is 27.0 Å². The molecule has 6 rings (SSSR count). The second-order valence-electron chi connectivity index (χ2n) is 20.1. The summed E-state index contributed by atoms with van der Waals surface area (Å²) in [6.07, 6.45) is 7.47. The van der Waals surface area contributed by atoms with E-state index < -0.39 is 0 Å². The third kappa shape index (κ3) is 16.7. The van der Waals surface area contributed by atoms with Gasteiger partial charge in [-0.1, -0.05) is 160 Å². The average Bonchev–Trinajstić information content (AvgIpc) is 3.75. The van der Waals surface area contributed by atoms with Crippen LogP contribution in [0.1, 0.15) is 149 Å². The van der Waals surface area contributed by atoms with Crippen molar-refractivity contribution in [2.24, 2.45) is 0 Å². The molecule has 0 N–H and O–H groups in total. The van der Waals surface area contributed by atoms with Crippen molar-refractivity contribution in [1.29, 1.82) is 0 Å². The fourth-order valence-corrected chi connectivity index (χ4v) is 10.4. The van der Waals surface area contributed by atoms with Crippen LogP contribution in [0.25, 0.3) is 43.8 Å². The maximum Gasteiger partial charge on any atom is 0.0598 e. The summed E-state index contributed by atoms with van der Waals surface area (Å²) in [5, 5.41) is 5.55. The number of hydrogen-bond donors (Lipinski definition) is 0. The molecule has 6 aromatic carbocycles. The van der Waals surface area contributed by atoms with E-state index in [1.54, 1.807) is 23.3 Å². The van der Waals surface area contributed by atoms with Crippen molar-refractivity contribution in [1.82, 2.24) is 0 Å². The number of aryl methyl sites for hydroxylation is 2. The van der Waals surface area contributed by atoms with Gasteiger partial charge in [0.2, 0.25) is 0 Å². The molecule has 0 heterocycles. The molecule has 330 valence electrons. The minimum atomic E-state index is -0.0210. The van der Waals surface area contributed by atoms with Gasteiger partial charge in [-0.25, -0.2) is 0 Å². The first kappa shape index (κ1) is 54.9. The van der Waals surface area contributed by atoms with Crippen molar-refractivity contribution in [3.05, 3.63) is 131 Å². The molecule has 1 nitrogen and oxygen atoms in total. The molecule has 0 radical (unpaired) electrons. The van der Waals surface area contributed by atoms with Crippen LogP contribution in [0.3, 0.4) is 0 Å². The Morgan fingerprint density at radius 1 is 0.656 bits per heavy atom. The van der Waals surface area contributed by atoms with Gasteiger partial charge in [-0.3, -0.25) is 0 Å². The van der Waals surface area contributed by atoms with E-state index in [-0.39, 0.29) is 46.7 Å². The van der Waals surface area contributed by atoms with Crippen LogP contribution in [0.4, 0.5) is 0 Å². The van der Waals surface area contributed by atoms with Crippen molar-refractivity contribution < 1.29 is 52.9 Å². The van der Waals surface area contributed by atoms with Crippen molar-refractivity contribution in [2.75, 3.05) is 6.61 Å². The predicted molar refractivity (Wildman–Crippen MR) is 261 cm³/mol. The Kier molecular flexibility index (Phi) is 22.2. The van der Waals surface area contributed by atoms with Gasteiger partial charge >= 0.3 is 54.7 Å². The zero-order chi connectivity index (χ0) is 43.5. The molecule has 0 atom stereocenters. The van der Waals surface area contributed by atoms with Crippen LogP contribution in [0.5, 0.6) is 0 Å². The van der Waals surface area contributed by atoms with E-state index in [0.717, 1.165) is 19.4 Å². The topological polar surface area (TPSA) is 9.23 Å². The van der Waals surface area contributed by atoms with Gasteiger partial charge < -0.3 is 29.6 Å². The van der Waals surface area contributed by atoms with Gasteiger partial charge in [0.1, 0.15) is 0 Å². The summed E-state index contributed by atoms with van der Waals surface area (Å²) in [4.78, 5) is 0. The summed E-state index contributed by atoms with van der Waals surface area (Å²) in [6, 6.07) is 40.2. The summed E-state index contributed by atoms with van der Waals surface area (Å²) in [5.41, 5.74) is 13.1. The van der Waals surface area contributed by atoms with Gasteiger partial charge in [-0.2, -0.15) is 6.07 Å². The first-order valence-electron chi connectivity index (χ1n) is 22.5. The van der Waals surface area contributed by atoms with E-state index in [4.69, 9.17) is 4.74 Å². The fourth-order valence-electron chi connectivity index (χ4n) is 7.76. The molecule has 0 unspecified atom stereocenters. The number of benzene rings is 4. The van der Waals surface area contributed by atoms with Crippen LogP contribution in [0.15, 0.2) is 103 Å². The van der Waals surface area contributed by atoms with Crippen LogP contribution in [0.2, 0.25) is 12.6 Å². The molecule has 0 saturated carbocycles. The monoisotopic (exact) mass is 952 g/mol. The Balaban J connectivity index is 0.000000373. The number of unbranched alkanes of at least 4 members (excludes halogenated alkanes) is 3. The molecule has 6 aromatic rings. The molecular weight excluding hydrogens is 879 g/mol. The minimum absolute atomic E-state index is 0. The van der Waals surface area contributed by atoms with Crippen LogP contribution >= 0.6 is 0 Å². The molecule has 0 amide bonds.